The van der Waals surface area contributed by atoms with Gasteiger partial charge in [0.25, 0.3) is 0 Å². The molecule has 1 saturated carbocycles. The van der Waals surface area contributed by atoms with E-state index in [9.17, 15) is 8.42 Å². The highest BCUT2D eigenvalue weighted by Crippen LogP contribution is 2.31. The van der Waals surface area contributed by atoms with Crippen LogP contribution in [0.5, 0.6) is 0 Å². The van der Waals surface area contributed by atoms with Gasteiger partial charge in [-0.15, -0.1) is 10.2 Å². The van der Waals surface area contributed by atoms with Gasteiger partial charge in [0.1, 0.15) is 5.75 Å². The molecule has 0 aliphatic heterocycles. The molecule has 6 heteroatoms. The van der Waals surface area contributed by atoms with Crippen LogP contribution in [0.4, 0.5) is 0 Å². The number of nitrogens with zero attached hydrogens (tertiary/aromatic N) is 2. The molecule has 1 aromatic carbocycles. The summed E-state index contributed by atoms with van der Waals surface area (Å²) < 4.78 is 29.4. The van der Waals surface area contributed by atoms with Crippen molar-refractivity contribution in [2.24, 2.45) is 5.92 Å². The zero-order chi connectivity index (χ0) is 14.9. The molecule has 0 unspecified atom stereocenters. The summed E-state index contributed by atoms with van der Waals surface area (Å²) in [4.78, 5) is 0. The van der Waals surface area contributed by atoms with E-state index in [1.165, 1.54) is 0 Å². The van der Waals surface area contributed by atoms with Crippen molar-refractivity contribution in [2.45, 2.75) is 31.9 Å². The van der Waals surface area contributed by atoms with Crippen LogP contribution in [0, 0.1) is 12.8 Å². The van der Waals surface area contributed by atoms with Crippen molar-refractivity contribution in [2.75, 3.05) is 5.75 Å². The first kappa shape index (κ1) is 14.3. The van der Waals surface area contributed by atoms with Crippen LogP contribution in [-0.2, 0) is 22.0 Å². The number of hydrogen-bond donors (Lipinski definition) is 0. The predicted octanol–water partition coefficient (Wildman–Crippen LogP) is 2.29. The number of sulfone groups is 1. The second-order valence-electron chi connectivity index (χ2n) is 5.69. The molecule has 0 bridgehead atoms. The van der Waals surface area contributed by atoms with Crippen molar-refractivity contribution in [1.82, 2.24) is 10.2 Å². The van der Waals surface area contributed by atoms with Gasteiger partial charge >= 0.3 is 0 Å². The standard InChI is InChI=1S/C15H18N2O3S/c1-11-4-2-3-5-13(11)8-14-16-17-15(20-14)10-21(18,19)9-12-6-7-12/h2-5,12H,6-10H2,1H3. The fraction of sp³-hybridized carbons (Fsp3) is 0.467. The maximum Gasteiger partial charge on any atom is 0.231 e. The second kappa shape index (κ2) is 5.60. The number of rotatable bonds is 6. The van der Waals surface area contributed by atoms with Crippen molar-refractivity contribution in [3.05, 3.63) is 47.2 Å². The van der Waals surface area contributed by atoms with Crippen LogP contribution in [0.2, 0.25) is 0 Å². The smallest absolute Gasteiger partial charge is 0.231 e. The van der Waals surface area contributed by atoms with Crippen molar-refractivity contribution < 1.29 is 12.8 Å². The molecule has 1 aliphatic carbocycles. The first-order chi connectivity index (χ1) is 10.0. The second-order valence-corrected chi connectivity index (χ2v) is 7.80. The molecule has 112 valence electrons. The fourth-order valence-electron chi connectivity index (χ4n) is 2.28. The van der Waals surface area contributed by atoms with Crippen LogP contribution < -0.4 is 0 Å². The molecule has 0 spiro atoms. The summed E-state index contributed by atoms with van der Waals surface area (Å²) in [5.41, 5.74) is 2.26. The van der Waals surface area contributed by atoms with E-state index >= 15 is 0 Å². The van der Waals surface area contributed by atoms with E-state index < -0.39 is 9.84 Å². The Morgan fingerprint density at radius 3 is 2.62 bits per heavy atom. The topological polar surface area (TPSA) is 73.1 Å². The minimum atomic E-state index is -3.14. The quantitative estimate of drug-likeness (QED) is 0.818. The highest BCUT2D eigenvalue weighted by molar-refractivity contribution is 7.90. The van der Waals surface area contributed by atoms with E-state index in [1.54, 1.807) is 0 Å². The normalized spacial score (nSPS) is 15.3. The molecule has 0 saturated heterocycles. The van der Waals surface area contributed by atoms with Gasteiger partial charge in [0, 0.05) is 0 Å². The number of benzene rings is 1. The van der Waals surface area contributed by atoms with Crippen LogP contribution in [-0.4, -0.2) is 24.4 Å². The Hall–Kier alpha value is -1.69. The largest absolute Gasteiger partial charge is 0.424 e. The number of aryl methyl sites for hydroxylation is 1. The van der Waals surface area contributed by atoms with Crippen LogP contribution in [0.3, 0.4) is 0 Å². The lowest BCUT2D eigenvalue weighted by Gasteiger charge is -2.01. The van der Waals surface area contributed by atoms with E-state index in [1.807, 2.05) is 31.2 Å². The molecule has 2 aromatic rings. The van der Waals surface area contributed by atoms with Gasteiger partial charge in [-0.1, -0.05) is 24.3 Å². The molecule has 21 heavy (non-hydrogen) atoms. The molecule has 0 amide bonds. The predicted molar refractivity (Wildman–Crippen MR) is 78.5 cm³/mol. The monoisotopic (exact) mass is 306 g/mol. The van der Waals surface area contributed by atoms with Gasteiger partial charge in [0.05, 0.1) is 12.2 Å². The third-order valence-corrected chi connectivity index (χ3v) is 5.31. The molecule has 5 nitrogen and oxygen atoms in total. The third-order valence-electron chi connectivity index (χ3n) is 3.64. The Labute approximate surface area is 124 Å². The Bertz CT molecular complexity index is 733. The van der Waals surface area contributed by atoms with Gasteiger partial charge in [0.15, 0.2) is 9.84 Å². The van der Waals surface area contributed by atoms with E-state index in [0.29, 0.717) is 18.2 Å². The molecule has 1 heterocycles. The Morgan fingerprint density at radius 1 is 1.19 bits per heavy atom. The Kier molecular flexibility index (Phi) is 3.80. The summed E-state index contributed by atoms with van der Waals surface area (Å²) in [6, 6.07) is 7.96. The summed E-state index contributed by atoms with van der Waals surface area (Å²) in [5.74, 6) is 1.08. The molecule has 0 atom stereocenters. The average Bonchev–Trinajstić information content (AvgIpc) is 3.10. The lowest BCUT2D eigenvalue weighted by molar-refractivity contribution is 0.469. The third kappa shape index (κ3) is 3.91. The summed E-state index contributed by atoms with van der Waals surface area (Å²) in [5, 5.41) is 7.81. The fourth-order valence-corrected chi connectivity index (χ4v) is 3.94. The van der Waals surface area contributed by atoms with Crippen molar-refractivity contribution in [3.63, 3.8) is 0 Å². The molecule has 3 rings (SSSR count). The number of aromatic nitrogens is 2. The molecule has 1 aliphatic rings. The van der Waals surface area contributed by atoms with E-state index in [4.69, 9.17) is 4.42 Å². The molecule has 1 fully saturated rings. The Balaban J connectivity index is 1.67. The first-order valence-corrected chi connectivity index (χ1v) is 8.90. The molecule has 1 aromatic heterocycles. The van der Waals surface area contributed by atoms with Crippen LogP contribution in [0.25, 0.3) is 0 Å². The van der Waals surface area contributed by atoms with Crippen LogP contribution in [0.1, 0.15) is 35.7 Å². The van der Waals surface area contributed by atoms with E-state index in [2.05, 4.69) is 10.2 Å². The zero-order valence-electron chi connectivity index (χ0n) is 11.9. The minimum absolute atomic E-state index is 0.149. The van der Waals surface area contributed by atoms with Crippen LogP contribution >= 0.6 is 0 Å². The van der Waals surface area contributed by atoms with E-state index in [0.717, 1.165) is 24.0 Å². The van der Waals surface area contributed by atoms with Gasteiger partial charge < -0.3 is 4.42 Å². The summed E-state index contributed by atoms with van der Waals surface area (Å²) in [6.07, 6.45) is 2.56. The van der Waals surface area contributed by atoms with Crippen molar-refractivity contribution in [3.8, 4) is 0 Å². The molecular formula is C15H18N2O3S. The highest BCUT2D eigenvalue weighted by Gasteiger charge is 2.29. The summed E-state index contributed by atoms with van der Waals surface area (Å²) in [7, 11) is -3.14. The van der Waals surface area contributed by atoms with E-state index in [-0.39, 0.29) is 17.4 Å². The van der Waals surface area contributed by atoms with Gasteiger partial charge in [-0.25, -0.2) is 8.42 Å². The summed E-state index contributed by atoms with van der Waals surface area (Å²) >= 11 is 0. The Morgan fingerprint density at radius 2 is 1.90 bits per heavy atom. The molecule has 0 N–H and O–H groups in total. The van der Waals surface area contributed by atoms with Crippen molar-refractivity contribution in [1.29, 1.82) is 0 Å². The lowest BCUT2D eigenvalue weighted by Crippen LogP contribution is -2.10. The first-order valence-electron chi connectivity index (χ1n) is 7.08. The summed E-state index contributed by atoms with van der Waals surface area (Å²) in [6.45, 7) is 2.02. The molecular weight excluding hydrogens is 288 g/mol. The van der Waals surface area contributed by atoms with Gasteiger partial charge in [0.2, 0.25) is 11.8 Å². The van der Waals surface area contributed by atoms with Gasteiger partial charge in [-0.2, -0.15) is 0 Å². The highest BCUT2D eigenvalue weighted by atomic mass is 32.2. The van der Waals surface area contributed by atoms with Crippen molar-refractivity contribution >= 4 is 9.84 Å². The van der Waals surface area contributed by atoms with Gasteiger partial charge in [-0.3, -0.25) is 0 Å². The lowest BCUT2D eigenvalue weighted by atomic mass is 10.1. The minimum Gasteiger partial charge on any atom is -0.424 e. The van der Waals surface area contributed by atoms with Crippen LogP contribution in [0.15, 0.2) is 28.7 Å². The SMILES string of the molecule is Cc1ccccc1Cc1nnc(CS(=O)(=O)CC2CC2)o1. The zero-order valence-corrected chi connectivity index (χ0v) is 12.8. The maximum absolute atomic E-state index is 11.9. The van der Waals surface area contributed by atoms with Gasteiger partial charge in [-0.05, 0) is 36.8 Å². The average molecular weight is 306 g/mol. The number of hydrogen-bond acceptors (Lipinski definition) is 5. The molecule has 0 radical (unpaired) electrons. The maximum atomic E-state index is 11.9.